The van der Waals surface area contributed by atoms with Crippen molar-refractivity contribution in [3.63, 3.8) is 0 Å². The molecule has 1 aliphatic heterocycles. The molecule has 1 aromatic rings. The fourth-order valence-corrected chi connectivity index (χ4v) is 2.48. The second kappa shape index (κ2) is 9.43. The minimum absolute atomic E-state index is 0. The van der Waals surface area contributed by atoms with Crippen molar-refractivity contribution in [3.05, 3.63) is 29.8 Å². The van der Waals surface area contributed by atoms with Gasteiger partial charge in [0.25, 0.3) is 0 Å². The Kier molecular flexibility index (Phi) is 7.91. The number of carbonyl (C=O) groups excluding carboxylic acids is 2. The predicted molar refractivity (Wildman–Crippen MR) is 90.3 cm³/mol. The standard InChI is InChI=1S/C16H23N3O2.ClH/c1-2-12-5-3-6-14(9-12)19-16(21)11-18-15(20)10-13-7-4-8-17-13;/h3,5-6,9,13,17H,2,4,7-8,10-11H2,1H3,(H,18,20)(H,19,21);1H. The van der Waals surface area contributed by atoms with Crippen LogP contribution in [-0.2, 0) is 16.0 Å². The number of amides is 2. The fraction of sp³-hybridized carbons (Fsp3) is 0.500. The van der Waals surface area contributed by atoms with E-state index in [1.54, 1.807) is 0 Å². The van der Waals surface area contributed by atoms with E-state index in [0.717, 1.165) is 31.5 Å². The van der Waals surface area contributed by atoms with Crippen LogP contribution in [0, 0.1) is 0 Å². The molecule has 2 amide bonds. The summed E-state index contributed by atoms with van der Waals surface area (Å²) in [6, 6.07) is 7.99. The van der Waals surface area contributed by atoms with Gasteiger partial charge in [0, 0.05) is 18.2 Å². The van der Waals surface area contributed by atoms with Gasteiger partial charge in [0.15, 0.2) is 0 Å². The van der Waals surface area contributed by atoms with Crippen LogP contribution in [0.25, 0.3) is 0 Å². The molecule has 2 rings (SSSR count). The summed E-state index contributed by atoms with van der Waals surface area (Å²) in [6.45, 7) is 3.06. The molecule has 0 saturated carbocycles. The number of halogens is 1. The Morgan fingerprint density at radius 1 is 1.32 bits per heavy atom. The third kappa shape index (κ3) is 6.03. The molecule has 0 aliphatic carbocycles. The summed E-state index contributed by atoms with van der Waals surface area (Å²) in [5.74, 6) is -0.275. The summed E-state index contributed by atoms with van der Waals surface area (Å²) in [4.78, 5) is 23.5. The van der Waals surface area contributed by atoms with Gasteiger partial charge in [0.2, 0.25) is 11.8 Å². The maximum Gasteiger partial charge on any atom is 0.243 e. The van der Waals surface area contributed by atoms with Crippen LogP contribution in [0.1, 0.15) is 31.7 Å². The molecule has 0 aromatic heterocycles. The van der Waals surface area contributed by atoms with E-state index < -0.39 is 0 Å². The largest absolute Gasteiger partial charge is 0.347 e. The molecule has 6 heteroatoms. The quantitative estimate of drug-likeness (QED) is 0.748. The van der Waals surface area contributed by atoms with Gasteiger partial charge in [-0.15, -0.1) is 12.4 Å². The average molecular weight is 326 g/mol. The lowest BCUT2D eigenvalue weighted by Gasteiger charge is -2.11. The normalized spacial score (nSPS) is 16.7. The van der Waals surface area contributed by atoms with Gasteiger partial charge in [-0.1, -0.05) is 19.1 Å². The number of benzene rings is 1. The summed E-state index contributed by atoms with van der Waals surface area (Å²) in [5.41, 5.74) is 1.94. The highest BCUT2D eigenvalue weighted by Gasteiger charge is 2.17. The maximum atomic E-state index is 11.8. The van der Waals surface area contributed by atoms with Crippen molar-refractivity contribution in [3.8, 4) is 0 Å². The second-order valence-electron chi connectivity index (χ2n) is 5.38. The third-order valence-corrected chi connectivity index (χ3v) is 3.66. The fourth-order valence-electron chi connectivity index (χ4n) is 2.48. The SMILES string of the molecule is CCc1cccc(NC(=O)CNC(=O)CC2CCCN2)c1.Cl. The van der Waals surface area contributed by atoms with E-state index in [0.29, 0.717) is 6.42 Å². The molecule has 0 bridgehead atoms. The van der Waals surface area contributed by atoms with Gasteiger partial charge in [-0.3, -0.25) is 9.59 Å². The molecule has 1 unspecified atom stereocenters. The van der Waals surface area contributed by atoms with Gasteiger partial charge in [-0.05, 0) is 43.5 Å². The molecule has 0 spiro atoms. The van der Waals surface area contributed by atoms with Gasteiger partial charge >= 0.3 is 0 Å². The Morgan fingerprint density at radius 3 is 2.82 bits per heavy atom. The molecule has 22 heavy (non-hydrogen) atoms. The van der Waals surface area contributed by atoms with E-state index in [1.165, 1.54) is 5.56 Å². The molecule has 0 radical (unpaired) electrons. The zero-order valence-corrected chi connectivity index (χ0v) is 13.7. The molecule has 1 aliphatic rings. The van der Waals surface area contributed by atoms with Crippen molar-refractivity contribution >= 4 is 29.9 Å². The van der Waals surface area contributed by atoms with E-state index in [9.17, 15) is 9.59 Å². The highest BCUT2D eigenvalue weighted by atomic mass is 35.5. The molecular weight excluding hydrogens is 302 g/mol. The smallest absolute Gasteiger partial charge is 0.243 e. The first-order valence-electron chi connectivity index (χ1n) is 7.56. The van der Waals surface area contributed by atoms with Crippen molar-refractivity contribution < 1.29 is 9.59 Å². The van der Waals surface area contributed by atoms with Crippen molar-refractivity contribution in [2.24, 2.45) is 0 Å². The first-order chi connectivity index (χ1) is 10.2. The van der Waals surface area contributed by atoms with Gasteiger partial charge in [0.05, 0.1) is 6.54 Å². The van der Waals surface area contributed by atoms with E-state index in [2.05, 4.69) is 22.9 Å². The molecule has 3 N–H and O–H groups in total. The molecular formula is C16H24ClN3O2. The van der Waals surface area contributed by atoms with Crippen LogP contribution in [0.2, 0.25) is 0 Å². The highest BCUT2D eigenvalue weighted by Crippen LogP contribution is 2.11. The second-order valence-corrected chi connectivity index (χ2v) is 5.38. The lowest BCUT2D eigenvalue weighted by molar-refractivity contribution is -0.124. The van der Waals surface area contributed by atoms with Crippen LogP contribution in [0.15, 0.2) is 24.3 Å². The van der Waals surface area contributed by atoms with Crippen molar-refractivity contribution in [2.45, 2.75) is 38.6 Å². The van der Waals surface area contributed by atoms with Crippen LogP contribution >= 0.6 is 12.4 Å². The number of anilines is 1. The number of hydrogen-bond donors (Lipinski definition) is 3. The Bertz CT molecular complexity index is 502. The molecule has 1 saturated heterocycles. The highest BCUT2D eigenvalue weighted by molar-refractivity contribution is 5.94. The van der Waals surface area contributed by atoms with Gasteiger partial charge in [0.1, 0.15) is 0 Å². The Hall–Kier alpha value is -1.59. The van der Waals surface area contributed by atoms with Crippen molar-refractivity contribution in [1.29, 1.82) is 0 Å². The topological polar surface area (TPSA) is 70.2 Å². The number of aryl methyl sites for hydroxylation is 1. The van der Waals surface area contributed by atoms with Crippen molar-refractivity contribution in [1.82, 2.24) is 10.6 Å². The van der Waals surface area contributed by atoms with E-state index >= 15 is 0 Å². The summed E-state index contributed by atoms with van der Waals surface area (Å²) in [7, 11) is 0. The average Bonchev–Trinajstić information content (AvgIpc) is 2.98. The molecule has 5 nitrogen and oxygen atoms in total. The molecule has 1 fully saturated rings. The van der Waals surface area contributed by atoms with Crippen LogP contribution in [0.3, 0.4) is 0 Å². The predicted octanol–water partition coefficient (Wildman–Crippen LogP) is 1.87. The van der Waals surface area contributed by atoms with Crippen molar-refractivity contribution in [2.75, 3.05) is 18.4 Å². The number of rotatable bonds is 6. The minimum Gasteiger partial charge on any atom is -0.347 e. The van der Waals surface area contributed by atoms with Crippen LogP contribution in [0.4, 0.5) is 5.69 Å². The number of carbonyl (C=O) groups is 2. The Morgan fingerprint density at radius 2 is 2.14 bits per heavy atom. The van der Waals surface area contributed by atoms with Gasteiger partial charge in [-0.25, -0.2) is 0 Å². The lowest BCUT2D eigenvalue weighted by atomic mass is 10.1. The zero-order valence-electron chi connectivity index (χ0n) is 12.9. The third-order valence-electron chi connectivity index (χ3n) is 3.66. The summed E-state index contributed by atoms with van der Waals surface area (Å²) in [5, 5.41) is 8.73. The first-order valence-corrected chi connectivity index (χ1v) is 7.56. The Labute approximate surface area is 137 Å². The van der Waals surface area contributed by atoms with E-state index in [1.807, 2.05) is 24.3 Å². The first kappa shape index (κ1) is 18.5. The summed E-state index contributed by atoms with van der Waals surface area (Å²) < 4.78 is 0. The monoisotopic (exact) mass is 325 g/mol. The minimum atomic E-state index is -0.198. The lowest BCUT2D eigenvalue weighted by Crippen LogP contribution is -2.36. The molecule has 122 valence electrons. The molecule has 1 atom stereocenters. The summed E-state index contributed by atoms with van der Waals surface area (Å²) in [6.07, 6.45) is 3.52. The summed E-state index contributed by atoms with van der Waals surface area (Å²) >= 11 is 0. The molecule has 1 heterocycles. The van der Waals surface area contributed by atoms with E-state index in [4.69, 9.17) is 0 Å². The van der Waals surface area contributed by atoms with Crippen LogP contribution in [-0.4, -0.2) is 30.9 Å². The maximum absolute atomic E-state index is 11.8. The van der Waals surface area contributed by atoms with Gasteiger partial charge < -0.3 is 16.0 Å². The van der Waals surface area contributed by atoms with Crippen LogP contribution < -0.4 is 16.0 Å². The van der Waals surface area contributed by atoms with E-state index in [-0.39, 0.29) is 36.8 Å². The van der Waals surface area contributed by atoms with Gasteiger partial charge in [-0.2, -0.15) is 0 Å². The van der Waals surface area contributed by atoms with Crippen LogP contribution in [0.5, 0.6) is 0 Å². The molecule has 1 aromatic carbocycles. The number of hydrogen-bond acceptors (Lipinski definition) is 3. The number of nitrogens with one attached hydrogen (secondary N) is 3. The zero-order chi connectivity index (χ0) is 15.1. The Balaban J connectivity index is 0.00000242.